The number of carbonyl (C=O) groups excluding carboxylic acids is 1. The fourth-order valence-electron chi connectivity index (χ4n) is 2.41. The van der Waals surface area contributed by atoms with Crippen LogP contribution in [0.5, 0.6) is 0 Å². The molecule has 0 saturated heterocycles. The number of aryl methyl sites for hydroxylation is 1. The summed E-state index contributed by atoms with van der Waals surface area (Å²) in [6, 6.07) is 11.9. The number of benzene rings is 1. The Labute approximate surface area is 183 Å². The van der Waals surface area contributed by atoms with Crippen molar-refractivity contribution in [1.29, 1.82) is 0 Å². The summed E-state index contributed by atoms with van der Waals surface area (Å²) in [5.74, 6) is 0.756. The van der Waals surface area contributed by atoms with Crippen molar-refractivity contribution < 1.29 is 4.79 Å². The number of aliphatic imine (C=N–C) groups is 1. The molecule has 1 heterocycles. The second-order valence-corrected chi connectivity index (χ2v) is 7.08. The van der Waals surface area contributed by atoms with Crippen molar-refractivity contribution in [3.05, 3.63) is 57.3 Å². The van der Waals surface area contributed by atoms with Gasteiger partial charge in [0.1, 0.15) is 0 Å². The van der Waals surface area contributed by atoms with Gasteiger partial charge >= 0.3 is 0 Å². The molecule has 7 heteroatoms. The van der Waals surface area contributed by atoms with E-state index in [4.69, 9.17) is 0 Å². The Kier molecular flexibility index (Phi) is 11.0. The first kappa shape index (κ1) is 23.4. The topological polar surface area (TPSA) is 65.5 Å². The summed E-state index contributed by atoms with van der Waals surface area (Å²) < 4.78 is 0. The smallest absolute Gasteiger partial charge is 0.251 e. The molecule has 0 bridgehead atoms. The predicted molar refractivity (Wildman–Crippen MR) is 125 cm³/mol. The van der Waals surface area contributed by atoms with E-state index >= 15 is 0 Å². The lowest BCUT2D eigenvalue weighted by molar-refractivity contribution is 0.0956. The summed E-state index contributed by atoms with van der Waals surface area (Å²) in [6.45, 7) is 8.92. The van der Waals surface area contributed by atoms with Crippen molar-refractivity contribution in [2.45, 2.75) is 40.3 Å². The molecule has 0 radical (unpaired) electrons. The largest absolute Gasteiger partial charge is 0.357 e. The lowest BCUT2D eigenvalue weighted by Gasteiger charge is -2.10. The first-order chi connectivity index (χ1) is 12.7. The zero-order valence-electron chi connectivity index (χ0n) is 16.2. The highest BCUT2D eigenvalue weighted by Crippen LogP contribution is 2.16. The van der Waals surface area contributed by atoms with Crippen molar-refractivity contribution in [3.63, 3.8) is 0 Å². The molecule has 0 aliphatic heterocycles. The number of nitrogens with one attached hydrogen (secondary N) is 3. The second-order valence-electron chi connectivity index (χ2n) is 5.83. The predicted octanol–water partition coefficient (Wildman–Crippen LogP) is 3.93. The number of thiophene rings is 1. The van der Waals surface area contributed by atoms with E-state index in [1.807, 2.05) is 42.5 Å². The number of carbonyl (C=O) groups is 1. The molecule has 0 aliphatic rings. The molecule has 2 aromatic rings. The Morgan fingerprint density at radius 1 is 0.926 bits per heavy atom. The van der Waals surface area contributed by atoms with Crippen LogP contribution >= 0.6 is 35.3 Å². The summed E-state index contributed by atoms with van der Waals surface area (Å²) in [6.07, 6.45) is 1.07. The number of nitrogens with zero attached hydrogens (tertiary/aromatic N) is 1. The quantitative estimate of drug-likeness (QED) is 0.293. The Hall–Kier alpha value is -1.61. The molecule has 5 nitrogen and oxygen atoms in total. The average molecular weight is 500 g/mol. The van der Waals surface area contributed by atoms with Crippen LogP contribution in [0.1, 0.15) is 46.4 Å². The minimum absolute atomic E-state index is 0. The highest BCUT2D eigenvalue weighted by atomic mass is 127. The molecule has 1 amide bonds. The van der Waals surface area contributed by atoms with Gasteiger partial charge < -0.3 is 16.0 Å². The van der Waals surface area contributed by atoms with Gasteiger partial charge in [-0.15, -0.1) is 35.3 Å². The Morgan fingerprint density at radius 3 is 2.19 bits per heavy atom. The Balaban J connectivity index is 0.00000364. The van der Waals surface area contributed by atoms with Gasteiger partial charge in [-0.25, -0.2) is 4.99 Å². The Bertz CT molecular complexity index is 728. The summed E-state index contributed by atoms with van der Waals surface area (Å²) >= 11 is 1.83. The molecule has 1 aromatic carbocycles. The molecular formula is C20H29IN4OS. The van der Waals surface area contributed by atoms with Gasteiger partial charge in [0.2, 0.25) is 0 Å². The van der Waals surface area contributed by atoms with Gasteiger partial charge in [-0.3, -0.25) is 4.79 Å². The fraction of sp³-hybridized carbons (Fsp3) is 0.400. The molecule has 2 rings (SSSR count). The minimum Gasteiger partial charge on any atom is -0.357 e. The van der Waals surface area contributed by atoms with Crippen LogP contribution in [0.3, 0.4) is 0 Å². The molecule has 0 fully saturated rings. The molecule has 3 N–H and O–H groups in total. The van der Waals surface area contributed by atoms with E-state index in [-0.39, 0.29) is 29.9 Å². The Morgan fingerprint density at radius 2 is 1.59 bits per heavy atom. The molecule has 0 saturated carbocycles. The normalized spacial score (nSPS) is 10.9. The summed E-state index contributed by atoms with van der Waals surface area (Å²) in [5.41, 5.74) is 1.74. The van der Waals surface area contributed by atoms with E-state index in [9.17, 15) is 4.79 Å². The molecule has 0 atom stereocenters. The monoisotopic (exact) mass is 500 g/mol. The maximum absolute atomic E-state index is 11.8. The van der Waals surface area contributed by atoms with E-state index in [0.717, 1.165) is 31.0 Å². The van der Waals surface area contributed by atoms with Gasteiger partial charge in [0.15, 0.2) is 5.96 Å². The average Bonchev–Trinajstić information content (AvgIpc) is 3.13. The summed E-state index contributed by atoms with van der Waals surface area (Å²) in [5, 5.41) is 9.45. The zero-order valence-corrected chi connectivity index (χ0v) is 19.3. The van der Waals surface area contributed by atoms with Gasteiger partial charge in [-0.2, -0.15) is 0 Å². The number of rotatable bonds is 8. The lowest BCUT2D eigenvalue weighted by atomic mass is 10.1. The molecule has 0 unspecified atom stereocenters. The van der Waals surface area contributed by atoms with E-state index in [1.54, 1.807) is 0 Å². The third kappa shape index (κ3) is 7.88. The van der Waals surface area contributed by atoms with E-state index < -0.39 is 0 Å². The van der Waals surface area contributed by atoms with Gasteiger partial charge in [-0.1, -0.05) is 19.1 Å². The maximum atomic E-state index is 11.8. The third-order valence-corrected chi connectivity index (χ3v) is 5.04. The van der Waals surface area contributed by atoms with Crippen LogP contribution in [0.15, 0.2) is 41.4 Å². The van der Waals surface area contributed by atoms with Crippen LogP contribution in [-0.4, -0.2) is 25.0 Å². The van der Waals surface area contributed by atoms with Crippen LogP contribution in [0, 0.1) is 0 Å². The third-order valence-electron chi connectivity index (χ3n) is 3.81. The van der Waals surface area contributed by atoms with Crippen molar-refractivity contribution >= 4 is 47.2 Å². The van der Waals surface area contributed by atoms with E-state index in [2.05, 4.69) is 46.9 Å². The van der Waals surface area contributed by atoms with Crippen molar-refractivity contribution in [2.75, 3.05) is 13.1 Å². The second kappa shape index (κ2) is 12.7. The number of hydrogen-bond donors (Lipinski definition) is 3. The first-order valence-corrected chi connectivity index (χ1v) is 9.94. The SMILES string of the molecule is CCNC(=O)c1ccc(CN=C(NCC)NCc2ccc(CC)s2)cc1.I. The highest BCUT2D eigenvalue weighted by molar-refractivity contribution is 14.0. The van der Waals surface area contributed by atoms with E-state index in [0.29, 0.717) is 18.7 Å². The highest BCUT2D eigenvalue weighted by Gasteiger charge is 2.04. The van der Waals surface area contributed by atoms with Crippen molar-refractivity contribution in [2.24, 2.45) is 4.99 Å². The van der Waals surface area contributed by atoms with Gasteiger partial charge in [-0.05, 0) is 50.1 Å². The molecule has 27 heavy (non-hydrogen) atoms. The van der Waals surface area contributed by atoms with Crippen molar-refractivity contribution in [1.82, 2.24) is 16.0 Å². The number of guanidine groups is 1. The molecule has 1 aromatic heterocycles. The van der Waals surface area contributed by atoms with Crippen LogP contribution < -0.4 is 16.0 Å². The van der Waals surface area contributed by atoms with Gasteiger partial charge in [0.05, 0.1) is 13.1 Å². The lowest BCUT2D eigenvalue weighted by Crippen LogP contribution is -2.36. The van der Waals surface area contributed by atoms with Crippen LogP contribution in [0.2, 0.25) is 0 Å². The van der Waals surface area contributed by atoms with Crippen LogP contribution in [0.4, 0.5) is 0 Å². The van der Waals surface area contributed by atoms with E-state index in [1.165, 1.54) is 9.75 Å². The first-order valence-electron chi connectivity index (χ1n) is 9.13. The van der Waals surface area contributed by atoms with Crippen LogP contribution in [-0.2, 0) is 19.5 Å². The standard InChI is InChI=1S/C20H28N4OS.HI/c1-4-17-11-12-18(26-17)14-24-20(22-6-3)23-13-15-7-9-16(10-8-15)19(25)21-5-2;/h7-12H,4-6,13-14H2,1-3H3,(H,21,25)(H2,22,23,24);1H. The fourth-order valence-corrected chi connectivity index (χ4v) is 3.31. The number of amides is 1. The number of hydrogen-bond acceptors (Lipinski definition) is 3. The van der Waals surface area contributed by atoms with Gasteiger partial charge in [0, 0.05) is 28.4 Å². The van der Waals surface area contributed by atoms with Gasteiger partial charge in [0.25, 0.3) is 5.91 Å². The zero-order chi connectivity index (χ0) is 18.8. The van der Waals surface area contributed by atoms with Crippen molar-refractivity contribution in [3.8, 4) is 0 Å². The summed E-state index contributed by atoms with van der Waals surface area (Å²) in [4.78, 5) is 19.1. The summed E-state index contributed by atoms with van der Waals surface area (Å²) in [7, 11) is 0. The number of halogens is 1. The maximum Gasteiger partial charge on any atom is 0.251 e. The minimum atomic E-state index is -0.0417. The molecule has 148 valence electrons. The molecular weight excluding hydrogens is 471 g/mol. The molecule has 0 aliphatic carbocycles. The van der Waals surface area contributed by atoms with Crippen LogP contribution in [0.25, 0.3) is 0 Å². The molecule has 0 spiro atoms.